The van der Waals surface area contributed by atoms with Gasteiger partial charge in [-0.1, -0.05) is 40.3 Å². The molecule has 0 spiro atoms. The molecule has 0 radical (unpaired) electrons. The number of alkyl halides is 1. The molecule has 0 unspecified atom stereocenters. The van der Waals surface area contributed by atoms with E-state index in [2.05, 4.69) is 26.1 Å². The zero-order chi connectivity index (χ0) is 17.8. The Labute approximate surface area is 155 Å². The molecule has 1 aliphatic rings. The molecule has 134 valence electrons. The van der Waals surface area contributed by atoms with Crippen LogP contribution in [-0.4, -0.2) is 16.1 Å². The van der Waals surface area contributed by atoms with Crippen LogP contribution in [0.15, 0.2) is 16.7 Å². The summed E-state index contributed by atoms with van der Waals surface area (Å²) in [6.45, 7) is 3.68. The van der Waals surface area contributed by atoms with Crippen molar-refractivity contribution in [1.29, 1.82) is 0 Å². The number of hydrogen-bond donors (Lipinski definition) is 0. The Morgan fingerprint density at radius 3 is 2.68 bits per heavy atom. The molecular weight excluding hydrogens is 388 g/mol. The lowest BCUT2D eigenvalue weighted by Gasteiger charge is -2.19. The van der Waals surface area contributed by atoms with Gasteiger partial charge in [-0.25, -0.2) is 9.78 Å². The first-order valence-corrected chi connectivity index (χ1v) is 9.59. The largest absolute Gasteiger partial charge is 0.358 e. The van der Waals surface area contributed by atoms with Gasteiger partial charge in [-0.2, -0.15) is 0 Å². The maximum atomic E-state index is 12.1. The Kier molecular flexibility index (Phi) is 5.73. The second-order valence-electron chi connectivity index (χ2n) is 6.31. The summed E-state index contributed by atoms with van der Waals surface area (Å²) in [4.78, 5) is 26.8. The lowest BCUT2D eigenvalue weighted by atomic mass is 9.89. The molecule has 0 aromatic carbocycles. The molecule has 7 heteroatoms. The van der Waals surface area contributed by atoms with Crippen LogP contribution in [0.3, 0.4) is 0 Å². The first-order valence-electron chi connectivity index (χ1n) is 8.47. The fraction of sp³-hybridized carbons (Fsp3) is 0.500. The average Bonchev–Trinajstić information content (AvgIpc) is 3.01. The number of aryl methyl sites for hydroxylation is 2. The third kappa shape index (κ3) is 4.03. The Morgan fingerprint density at radius 1 is 1.24 bits per heavy atom. The third-order valence-electron chi connectivity index (χ3n) is 4.54. The molecule has 2 aromatic rings. The van der Waals surface area contributed by atoms with Crippen LogP contribution in [0.25, 0.3) is 11.5 Å². The van der Waals surface area contributed by atoms with Crippen molar-refractivity contribution < 1.29 is 19.1 Å². The lowest BCUT2D eigenvalue weighted by molar-refractivity contribution is -0.220. The van der Waals surface area contributed by atoms with Crippen molar-refractivity contribution >= 4 is 21.9 Å². The van der Waals surface area contributed by atoms with E-state index in [0.29, 0.717) is 28.2 Å². The van der Waals surface area contributed by atoms with Gasteiger partial charge in [-0.15, -0.1) is 0 Å². The standard InChI is InChI=1S/C18H21BrN2O4/c1-11-14(10-19)17(23-21-11)15-8-9-16(12(2)20-15)24-25-18(22)13-6-4-3-5-7-13/h8-9,13H,3-7,10H2,1-2H3. The van der Waals surface area contributed by atoms with Crippen molar-refractivity contribution in [3.8, 4) is 17.2 Å². The summed E-state index contributed by atoms with van der Waals surface area (Å²) >= 11 is 3.44. The van der Waals surface area contributed by atoms with Gasteiger partial charge < -0.3 is 4.52 Å². The fourth-order valence-electron chi connectivity index (χ4n) is 3.00. The van der Waals surface area contributed by atoms with Gasteiger partial charge >= 0.3 is 5.97 Å². The van der Waals surface area contributed by atoms with E-state index >= 15 is 0 Å². The molecule has 1 fully saturated rings. The minimum Gasteiger partial charge on any atom is -0.354 e. The van der Waals surface area contributed by atoms with Gasteiger partial charge in [0, 0.05) is 10.9 Å². The molecule has 0 N–H and O–H groups in total. The van der Waals surface area contributed by atoms with Crippen LogP contribution < -0.4 is 4.89 Å². The first-order chi connectivity index (χ1) is 12.1. The van der Waals surface area contributed by atoms with E-state index in [-0.39, 0.29) is 11.9 Å². The maximum Gasteiger partial charge on any atom is 0.358 e. The number of nitrogens with zero attached hydrogens (tertiary/aromatic N) is 2. The minimum absolute atomic E-state index is 0.0556. The molecule has 3 rings (SSSR count). The highest BCUT2D eigenvalue weighted by molar-refractivity contribution is 9.08. The molecule has 2 heterocycles. The van der Waals surface area contributed by atoms with Gasteiger partial charge in [0.25, 0.3) is 0 Å². The molecule has 1 saturated carbocycles. The third-order valence-corrected chi connectivity index (χ3v) is 5.10. The zero-order valence-electron chi connectivity index (χ0n) is 14.4. The summed E-state index contributed by atoms with van der Waals surface area (Å²) in [5.41, 5.74) is 3.07. The monoisotopic (exact) mass is 408 g/mol. The predicted molar refractivity (Wildman–Crippen MR) is 95.1 cm³/mol. The Hall–Kier alpha value is -1.89. The summed E-state index contributed by atoms with van der Waals surface area (Å²) in [5.74, 6) is 0.698. The van der Waals surface area contributed by atoms with Gasteiger partial charge in [0.05, 0.1) is 17.3 Å². The number of rotatable bonds is 5. The van der Waals surface area contributed by atoms with E-state index in [0.717, 1.165) is 36.9 Å². The molecular formula is C18H21BrN2O4. The highest BCUT2D eigenvalue weighted by Gasteiger charge is 2.24. The molecule has 0 aliphatic heterocycles. The van der Waals surface area contributed by atoms with E-state index in [1.54, 1.807) is 19.1 Å². The summed E-state index contributed by atoms with van der Waals surface area (Å²) in [7, 11) is 0. The van der Waals surface area contributed by atoms with E-state index < -0.39 is 0 Å². The average molecular weight is 409 g/mol. The van der Waals surface area contributed by atoms with Crippen LogP contribution in [0.2, 0.25) is 0 Å². The van der Waals surface area contributed by atoms with Gasteiger partial charge in [0.15, 0.2) is 11.5 Å². The van der Waals surface area contributed by atoms with Crippen LogP contribution in [-0.2, 0) is 15.0 Å². The Balaban J connectivity index is 1.68. The second-order valence-corrected chi connectivity index (χ2v) is 6.87. The van der Waals surface area contributed by atoms with Gasteiger partial charge in [0.2, 0.25) is 0 Å². The summed E-state index contributed by atoms with van der Waals surface area (Å²) in [5, 5.41) is 4.62. The Bertz CT molecular complexity index is 754. The number of pyridine rings is 1. The summed E-state index contributed by atoms with van der Waals surface area (Å²) < 4.78 is 5.38. The van der Waals surface area contributed by atoms with Crippen LogP contribution in [0.4, 0.5) is 0 Å². The van der Waals surface area contributed by atoms with Crippen LogP contribution in [0.1, 0.15) is 49.1 Å². The molecule has 0 saturated heterocycles. The van der Waals surface area contributed by atoms with E-state index in [1.807, 2.05) is 6.92 Å². The van der Waals surface area contributed by atoms with Gasteiger partial charge in [-0.05, 0) is 38.8 Å². The highest BCUT2D eigenvalue weighted by Crippen LogP contribution is 2.29. The van der Waals surface area contributed by atoms with E-state index in [9.17, 15) is 4.79 Å². The second kappa shape index (κ2) is 7.99. The maximum absolute atomic E-state index is 12.1. The van der Waals surface area contributed by atoms with Crippen LogP contribution in [0.5, 0.6) is 5.75 Å². The van der Waals surface area contributed by atoms with Crippen molar-refractivity contribution in [1.82, 2.24) is 10.1 Å². The normalized spacial score (nSPS) is 15.2. The van der Waals surface area contributed by atoms with E-state index in [4.69, 9.17) is 14.3 Å². The van der Waals surface area contributed by atoms with Crippen molar-refractivity contribution in [2.75, 3.05) is 0 Å². The van der Waals surface area contributed by atoms with E-state index in [1.165, 1.54) is 6.42 Å². The van der Waals surface area contributed by atoms with Gasteiger partial charge in [-0.3, -0.25) is 9.78 Å². The van der Waals surface area contributed by atoms with Gasteiger partial charge in [0.1, 0.15) is 5.69 Å². The number of halogens is 1. The zero-order valence-corrected chi connectivity index (χ0v) is 16.0. The van der Waals surface area contributed by atoms with Crippen LogP contribution >= 0.6 is 15.9 Å². The molecule has 1 aliphatic carbocycles. The smallest absolute Gasteiger partial charge is 0.354 e. The number of carbonyl (C=O) groups excluding carboxylic acids is 1. The first kappa shape index (κ1) is 17.9. The summed E-state index contributed by atoms with van der Waals surface area (Å²) in [6, 6.07) is 3.49. The fourth-order valence-corrected chi connectivity index (χ4v) is 3.66. The molecule has 0 atom stereocenters. The summed E-state index contributed by atoms with van der Waals surface area (Å²) in [6.07, 6.45) is 5.08. The SMILES string of the molecule is Cc1nc(-c2onc(C)c2CBr)ccc1OOC(=O)C1CCCCC1. The van der Waals surface area contributed by atoms with Crippen LogP contribution in [0, 0.1) is 19.8 Å². The van der Waals surface area contributed by atoms with Crippen molar-refractivity contribution in [3.05, 3.63) is 29.1 Å². The predicted octanol–water partition coefficient (Wildman–Crippen LogP) is 4.67. The highest BCUT2D eigenvalue weighted by atomic mass is 79.9. The molecule has 25 heavy (non-hydrogen) atoms. The molecule has 0 amide bonds. The quantitative estimate of drug-likeness (QED) is 0.406. The van der Waals surface area contributed by atoms with Crippen molar-refractivity contribution in [2.24, 2.45) is 5.92 Å². The number of carbonyl (C=O) groups is 1. The minimum atomic E-state index is -0.296. The Morgan fingerprint density at radius 2 is 2.00 bits per heavy atom. The van der Waals surface area contributed by atoms with Crippen molar-refractivity contribution in [2.45, 2.75) is 51.3 Å². The lowest BCUT2D eigenvalue weighted by Crippen LogP contribution is -2.21. The number of aromatic nitrogens is 2. The molecule has 0 bridgehead atoms. The molecule has 6 nitrogen and oxygen atoms in total. The molecule has 2 aromatic heterocycles. The number of hydrogen-bond acceptors (Lipinski definition) is 6. The topological polar surface area (TPSA) is 74.5 Å². The van der Waals surface area contributed by atoms with Crippen molar-refractivity contribution in [3.63, 3.8) is 0 Å².